The third-order valence-electron chi connectivity index (χ3n) is 6.16. The number of halogens is 1. The average Bonchev–Trinajstić information content (AvgIpc) is 2.73. The zero-order chi connectivity index (χ0) is 20.1. The zero-order valence-electron chi connectivity index (χ0n) is 18.1. The Morgan fingerprint density at radius 3 is 1.97 bits per heavy atom. The first kappa shape index (κ1) is 23.6. The Bertz CT molecular complexity index is 644. The van der Waals surface area contributed by atoms with Gasteiger partial charge in [-0.2, -0.15) is 0 Å². The number of hydrogen-bond acceptors (Lipinski definition) is 5. The summed E-state index contributed by atoms with van der Waals surface area (Å²) in [4.78, 5) is 17.3. The van der Waals surface area contributed by atoms with Gasteiger partial charge < -0.3 is 19.1 Å². The number of benzene rings is 1. The fourth-order valence-corrected chi connectivity index (χ4v) is 4.31. The second kappa shape index (κ2) is 10.9. The third kappa shape index (κ3) is 5.70. The van der Waals surface area contributed by atoms with E-state index in [2.05, 4.69) is 16.7 Å². The highest BCUT2D eigenvalue weighted by atomic mass is 35.5. The molecule has 1 aromatic carbocycles. The molecule has 29 heavy (non-hydrogen) atoms. The molecule has 1 amide bonds. The number of methoxy groups -OCH3 is 3. The Kier molecular flexibility index (Phi) is 8.90. The first-order valence-electron chi connectivity index (χ1n) is 10.4. The van der Waals surface area contributed by atoms with Gasteiger partial charge in [0, 0.05) is 25.6 Å². The van der Waals surface area contributed by atoms with E-state index in [1.807, 2.05) is 12.1 Å². The summed E-state index contributed by atoms with van der Waals surface area (Å²) < 4.78 is 16.3. The predicted octanol–water partition coefficient (Wildman–Crippen LogP) is 3.60. The molecule has 7 heteroatoms. The summed E-state index contributed by atoms with van der Waals surface area (Å²) in [5.41, 5.74) is 1.13. The van der Waals surface area contributed by atoms with Gasteiger partial charge in [-0.3, -0.25) is 9.69 Å². The molecule has 2 saturated heterocycles. The molecule has 2 aliphatic heterocycles. The molecule has 2 fully saturated rings. The van der Waals surface area contributed by atoms with E-state index in [0.29, 0.717) is 23.2 Å². The maximum absolute atomic E-state index is 12.8. The molecule has 0 radical (unpaired) electrons. The highest BCUT2D eigenvalue weighted by molar-refractivity contribution is 5.85. The number of carbonyl (C=O) groups is 1. The van der Waals surface area contributed by atoms with Crippen LogP contribution in [0.5, 0.6) is 17.2 Å². The van der Waals surface area contributed by atoms with Crippen LogP contribution >= 0.6 is 12.4 Å². The summed E-state index contributed by atoms with van der Waals surface area (Å²) in [6.45, 7) is 6.86. The van der Waals surface area contributed by atoms with Crippen molar-refractivity contribution in [3.05, 3.63) is 17.7 Å². The Labute approximate surface area is 180 Å². The van der Waals surface area contributed by atoms with Crippen LogP contribution in [0.1, 0.15) is 38.2 Å². The summed E-state index contributed by atoms with van der Waals surface area (Å²) in [7, 11) is 4.89. The molecule has 0 N–H and O–H groups in total. The first-order valence-corrected chi connectivity index (χ1v) is 10.4. The van der Waals surface area contributed by atoms with E-state index in [4.69, 9.17) is 14.2 Å². The monoisotopic (exact) mass is 426 g/mol. The third-order valence-corrected chi connectivity index (χ3v) is 6.16. The maximum Gasteiger partial charge on any atom is 0.225 e. The molecule has 0 atom stereocenters. The van der Waals surface area contributed by atoms with Gasteiger partial charge in [0.05, 0.1) is 21.3 Å². The number of amides is 1. The lowest BCUT2D eigenvalue weighted by atomic mass is 9.92. The number of rotatable bonds is 6. The van der Waals surface area contributed by atoms with E-state index in [-0.39, 0.29) is 18.3 Å². The molecule has 1 aromatic rings. The minimum absolute atomic E-state index is 0. The molecule has 0 spiro atoms. The van der Waals surface area contributed by atoms with Crippen LogP contribution in [0, 0.1) is 11.8 Å². The first-order chi connectivity index (χ1) is 13.5. The van der Waals surface area contributed by atoms with Crippen molar-refractivity contribution >= 4 is 18.3 Å². The summed E-state index contributed by atoms with van der Waals surface area (Å²) in [6.07, 6.45) is 4.17. The van der Waals surface area contributed by atoms with E-state index in [9.17, 15) is 4.79 Å². The highest BCUT2D eigenvalue weighted by Gasteiger charge is 2.30. The van der Waals surface area contributed by atoms with Gasteiger partial charge >= 0.3 is 0 Å². The zero-order valence-corrected chi connectivity index (χ0v) is 18.9. The molecule has 0 unspecified atom stereocenters. The van der Waals surface area contributed by atoms with Gasteiger partial charge in [-0.1, -0.05) is 6.92 Å². The number of piperidine rings is 2. The molecular weight excluding hydrogens is 392 g/mol. The average molecular weight is 427 g/mol. The molecule has 0 aromatic heterocycles. The van der Waals surface area contributed by atoms with Crippen molar-refractivity contribution in [3.63, 3.8) is 0 Å². The topological polar surface area (TPSA) is 51.2 Å². The van der Waals surface area contributed by atoms with Crippen molar-refractivity contribution in [2.24, 2.45) is 11.8 Å². The highest BCUT2D eigenvalue weighted by Crippen LogP contribution is 2.38. The molecule has 0 aliphatic carbocycles. The van der Waals surface area contributed by atoms with Crippen molar-refractivity contribution in [2.75, 3.05) is 47.5 Å². The normalized spacial score (nSPS) is 18.8. The largest absolute Gasteiger partial charge is 0.493 e. The molecule has 0 saturated carbocycles. The number of nitrogens with zero attached hydrogens (tertiary/aromatic N) is 2. The van der Waals surface area contributed by atoms with Crippen molar-refractivity contribution < 1.29 is 19.0 Å². The predicted molar refractivity (Wildman–Crippen MR) is 116 cm³/mol. The summed E-state index contributed by atoms with van der Waals surface area (Å²) in [5, 5.41) is 0. The van der Waals surface area contributed by atoms with Crippen LogP contribution in [0.3, 0.4) is 0 Å². The smallest absolute Gasteiger partial charge is 0.225 e. The van der Waals surface area contributed by atoms with E-state index < -0.39 is 0 Å². The standard InChI is InChI=1S/C22H34N2O4.ClH/c1-16-5-11-24(12-6-16)22(25)18-7-9-23(10-8-18)15-17-13-19(26-2)21(28-4)20(14-17)27-3;/h13-14,16,18H,5-12,15H2,1-4H3;1H. The van der Waals surface area contributed by atoms with Crippen LogP contribution in [-0.2, 0) is 11.3 Å². The van der Waals surface area contributed by atoms with Gasteiger partial charge in [0.2, 0.25) is 11.7 Å². The minimum Gasteiger partial charge on any atom is -0.493 e. The van der Waals surface area contributed by atoms with Crippen molar-refractivity contribution in [3.8, 4) is 17.2 Å². The minimum atomic E-state index is 0. The molecular formula is C22H35ClN2O4. The molecule has 6 nitrogen and oxygen atoms in total. The van der Waals surface area contributed by atoms with E-state index in [1.54, 1.807) is 21.3 Å². The van der Waals surface area contributed by atoms with Crippen molar-refractivity contribution in [1.82, 2.24) is 9.80 Å². The lowest BCUT2D eigenvalue weighted by Crippen LogP contribution is -2.45. The van der Waals surface area contributed by atoms with Gasteiger partial charge in [-0.15, -0.1) is 12.4 Å². The summed E-state index contributed by atoms with van der Waals surface area (Å²) in [5.74, 6) is 3.30. The number of carbonyl (C=O) groups excluding carboxylic acids is 1. The van der Waals surface area contributed by atoms with Crippen LogP contribution in [0.2, 0.25) is 0 Å². The Hall–Kier alpha value is -1.66. The molecule has 3 rings (SSSR count). The summed E-state index contributed by atoms with van der Waals surface area (Å²) >= 11 is 0. The van der Waals surface area contributed by atoms with Gasteiger partial charge in [0.15, 0.2) is 11.5 Å². The molecule has 2 heterocycles. The second-order valence-electron chi connectivity index (χ2n) is 8.09. The van der Waals surface area contributed by atoms with Crippen LogP contribution in [-0.4, -0.2) is 63.2 Å². The van der Waals surface area contributed by atoms with E-state index in [0.717, 1.165) is 69.9 Å². The SMILES string of the molecule is COc1cc(CN2CCC(C(=O)N3CCC(C)CC3)CC2)cc(OC)c1OC.Cl. The van der Waals surface area contributed by atoms with Crippen molar-refractivity contribution in [2.45, 2.75) is 39.2 Å². The van der Waals surface area contributed by atoms with Gasteiger partial charge in [-0.05, 0) is 62.4 Å². The molecule has 2 aliphatic rings. The van der Waals surface area contributed by atoms with Gasteiger partial charge in [0.1, 0.15) is 0 Å². The fourth-order valence-electron chi connectivity index (χ4n) is 4.31. The lowest BCUT2D eigenvalue weighted by Gasteiger charge is -2.36. The van der Waals surface area contributed by atoms with Gasteiger partial charge in [-0.25, -0.2) is 0 Å². The lowest BCUT2D eigenvalue weighted by molar-refractivity contribution is -0.138. The van der Waals surface area contributed by atoms with Crippen LogP contribution in [0.15, 0.2) is 12.1 Å². The van der Waals surface area contributed by atoms with Crippen molar-refractivity contribution in [1.29, 1.82) is 0 Å². The van der Waals surface area contributed by atoms with Crippen LogP contribution < -0.4 is 14.2 Å². The van der Waals surface area contributed by atoms with Crippen LogP contribution in [0.25, 0.3) is 0 Å². The number of ether oxygens (including phenoxy) is 3. The number of hydrogen-bond donors (Lipinski definition) is 0. The Morgan fingerprint density at radius 1 is 0.931 bits per heavy atom. The number of likely N-dealkylation sites (tertiary alicyclic amines) is 2. The fraction of sp³-hybridized carbons (Fsp3) is 0.682. The van der Waals surface area contributed by atoms with E-state index >= 15 is 0 Å². The molecule has 0 bridgehead atoms. The Balaban J connectivity index is 0.00000300. The van der Waals surface area contributed by atoms with Gasteiger partial charge in [0.25, 0.3) is 0 Å². The van der Waals surface area contributed by atoms with E-state index in [1.165, 1.54) is 0 Å². The maximum atomic E-state index is 12.8. The summed E-state index contributed by atoms with van der Waals surface area (Å²) in [6, 6.07) is 4.01. The second-order valence-corrected chi connectivity index (χ2v) is 8.09. The van der Waals surface area contributed by atoms with Crippen LogP contribution in [0.4, 0.5) is 0 Å². The molecule has 164 valence electrons. The Morgan fingerprint density at radius 2 is 1.48 bits per heavy atom. The quantitative estimate of drug-likeness (QED) is 0.695.